The van der Waals surface area contributed by atoms with Gasteiger partial charge in [-0.2, -0.15) is 0 Å². The van der Waals surface area contributed by atoms with Gasteiger partial charge in [0.15, 0.2) is 0 Å². The number of hydrogen-bond donors (Lipinski definition) is 2. The third-order valence-electron chi connectivity index (χ3n) is 3.76. The second-order valence-corrected chi connectivity index (χ2v) is 5.49. The summed E-state index contributed by atoms with van der Waals surface area (Å²) < 4.78 is 0. The van der Waals surface area contributed by atoms with Crippen LogP contribution in [0.2, 0.25) is 5.02 Å². The first-order chi connectivity index (χ1) is 8.53. The van der Waals surface area contributed by atoms with Crippen molar-refractivity contribution in [1.82, 2.24) is 0 Å². The lowest BCUT2D eigenvalue weighted by Crippen LogP contribution is -2.20. The number of halogens is 1. The molecule has 3 N–H and O–H groups in total. The van der Waals surface area contributed by atoms with E-state index >= 15 is 0 Å². The lowest BCUT2D eigenvalue weighted by atomic mass is 9.86. The molecule has 0 amide bonds. The van der Waals surface area contributed by atoms with Crippen LogP contribution in [-0.2, 0) is 0 Å². The highest BCUT2D eigenvalue weighted by Crippen LogP contribution is 2.33. The van der Waals surface area contributed by atoms with E-state index in [9.17, 15) is 5.11 Å². The summed E-state index contributed by atoms with van der Waals surface area (Å²) >= 11 is 6.35. The largest absolute Gasteiger partial charge is 0.396 e. The molecule has 1 aromatic carbocycles. The Kier molecular flexibility index (Phi) is 6.13. The van der Waals surface area contributed by atoms with Crippen molar-refractivity contribution in [3.05, 3.63) is 33.8 Å². The molecule has 2 atom stereocenters. The molecule has 0 saturated carbocycles. The second-order valence-electron chi connectivity index (χ2n) is 5.08. The van der Waals surface area contributed by atoms with Crippen LogP contribution in [0.25, 0.3) is 0 Å². The zero-order chi connectivity index (χ0) is 13.7. The molecule has 0 spiro atoms. The van der Waals surface area contributed by atoms with E-state index < -0.39 is 0 Å². The van der Waals surface area contributed by atoms with E-state index in [1.165, 1.54) is 16.7 Å². The summed E-state index contributed by atoms with van der Waals surface area (Å²) in [5, 5.41) is 10.1. The number of aryl methyl sites for hydroxylation is 2. The monoisotopic (exact) mass is 269 g/mol. The molecule has 0 radical (unpaired) electrons. The Morgan fingerprint density at radius 3 is 2.39 bits per heavy atom. The first-order valence-electron chi connectivity index (χ1n) is 6.61. The fourth-order valence-electron chi connectivity index (χ4n) is 2.28. The fraction of sp³-hybridized carbons (Fsp3) is 0.600. The second kappa shape index (κ2) is 7.13. The Bertz CT molecular complexity index is 388. The van der Waals surface area contributed by atoms with Crippen LogP contribution < -0.4 is 5.73 Å². The maximum absolute atomic E-state index is 9.27. The number of nitrogens with two attached hydrogens (primary N) is 1. The topological polar surface area (TPSA) is 46.2 Å². The summed E-state index contributed by atoms with van der Waals surface area (Å²) in [5.41, 5.74) is 9.34. The Hall–Kier alpha value is -0.570. The van der Waals surface area contributed by atoms with Crippen LogP contribution >= 0.6 is 11.6 Å². The molecule has 2 nitrogen and oxygen atoms in total. The third-order valence-corrected chi connectivity index (χ3v) is 4.08. The number of aliphatic hydroxyl groups excluding tert-OH is 1. The van der Waals surface area contributed by atoms with Gasteiger partial charge in [0, 0.05) is 11.6 Å². The number of rotatable bonds is 6. The molecular formula is C15H24ClNO. The molecule has 3 heteroatoms. The molecule has 18 heavy (non-hydrogen) atoms. The molecule has 0 saturated heterocycles. The van der Waals surface area contributed by atoms with Crippen molar-refractivity contribution in [2.24, 2.45) is 11.7 Å². The molecule has 0 aliphatic heterocycles. The predicted octanol–water partition coefficient (Wildman–Crippen LogP) is 3.41. The molecule has 0 aromatic heterocycles. The molecule has 1 aromatic rings. The van der Waals surface area contributed by atoms with Crippen molar-refractivity contribution in [2.45, 2.75) is 39.5 Å². The van der Waals surface area contributed by atoms with E-state index in [0.29, 0.717) is 12.5 Å². The van der Waals surface area contributed by atoms with Crippen molar-refractivity contribution in [3.8, 4) is 0 Å². The number of benzene rings is 1. The minimum Gasteiger partial charge on any atom is -0.396 e. The van der Waals surface area contributed by atoms with E-state index in [1.54, 1.807) is 0 Å². The Morgan fingerprint density at radius 1 is 1.28 bits per heavy atom. The van der Waals surface area contributed by atoms with Gasteiger partial charge >= 0.3 is 0 Å². The van der Waals surface area contributed by atoms with Crippen LogP contribution in [0.3, 0.4) is 0 Å². The van der Waals surface area contributed by atoms with Crippen molar-refractivity contribution < 1.29 is 5.11 Å². The van der Waals surface area contributed by atoms with E-state index in [0.717, 1.165) is 17.9 Å². The molecule has 0 aliphatic rings. The normalized spacial score (nSPS) is 14.6. The Balaban J connectivity index is 2.98. The number of aliphatic hydroxyl groups is 1. The van der Waals surface area contributed by atoms with E-state index in [2.05, 4.69) is 26.8 Å². The van der Waals surface area contributed by atoms with Crippen molar-refractivity contribution in [2.75, 3.05) is 13.2 Å². The summed E-state index contributed by atoms with van der Waals surface area (Å²) in [6, 6.07) is 4.21. The molecule has 102 valence electrons. The summed E-state index contributed by atoms with van der Waals surface area (Å²) in [5.74, 6) is 0.533. The highest BCUT2D eigenvalue weighted by Gasteiger charge is 2.18. The van der Waals surface area contributed by atoms with Crippen LogP contribution in [0, 0.1) is 19.8 Å². The van der Waals surface area contributed by atoms with Crippen molar-refractivity contribution in [3.63, 3.8) is 0 Å². The average Bonchev–Trinajstić information content (AvgIpc) is 2.36. The molecule has 0 aliphatic carbocycles. The van der Waals surface area contributed by atoms with Gasteiger partial charge in [0.05, 0.1) is 0 Å². The van der Waals surface area contributed by atoms with Crippen LogP contribution in [0.5, 0.6) is 0 Å². The van der Waals surface area contributed by atoms with Crippen molar-refractivity contribution in [1.29, 1.82) is 0 Å². The predicted molar refractivity (Wildman–Crippen MR) is 78.2 cm³/mol. The third kappa shape index (κ3) is 3.71. The highest BCUT2D eigenvalue weighted by atomic mass is 35.5. The lowest BCUT2D eigenvalue weighted by Gasteiger charge is -2.22. The van der Waals surface area contributed by atoms with Gasteiger partial charge in [-0.15, -0.1) is 0 Å². The zero-order valence-electron chi connectivity index (χ0n) is 11.5. The van der Waals surface area contributed by atoms with Gasteiger partial charge in [-0.3, -0.25) is 0 Å². The maximum atomic E-state index is 9.27. The van der Waals surface area contributed by atoms with Crippen LogP contribution in [0.4, 0.5) is 0 Å². The number of hydrogen-bond acceptors (Lipinski definition) is 2. The van der Waals surface area contributed by atoms with E-state index in [4.69, 9.17) is 17.3 Å². The van der Waals surface area contributed by atoms with E-state index in [1.807, 2.05) is 6.07 Å². The SMILES string of the molecule is CCC(CC(CN)CO)c1cc(C)c(C)cc1Cl. The molecular weight excluding hydrogens is 246 g/mol. The zero-order valence-corrected chi connectivity index (χ0v) is 12.3. The smallest absolute Gasteiger partial charge is 0.0471 e. The Labute approximate surface area is 115 Å². The first-order valence-corrected chi connectivity index (χ1v) is 6.98. The van der Waals surface area contributed by atoms with Crippen LogP contribution in [0.15, 0.2) is 12.1 Å². The summed E-state index contributed by atoms with van der Waals surface area (Å²) in [6.07, 6.45) is 1.91. The molecule has 0 fully saturated rings. The average molecular weight is 270 g/mol. The van der Waals surface area contributed by atoms with Crippen LogP contribution in [0.1, 0.15) is 42.4 Å². The summed E-state index contributed by atoms with van der Waals surface area (Å²) in [7, 11) is 0. The van der Waals surface area contributed by atoms with Crippen molar-refractivity contribution >= 4 is 11.6 Å². The van der Waals surface area contributed by atoms with Gasteiger partial charge < -0.3 is 10.8 Å². The Morgan fingerprint density at radius 2 is 1.89 bits per heavy atom. The van der Waals surface area contributed by atoms with Gasteiger partial charge in [0.25, 0.3) is 0 Å². The quantitative estimate of drug-likeness (QED) is 0.831. The van der Waals surface area contributed by atoms with Gasteiger partial charge in [0.2, 0.25) is 0 Å². The highest BCUT2D eigenvalue weighted by molar-refractivity contribution is 6.31. The van der Waals surface area contributed by atoms with Gasteiger partial charge in [-0.25, -0.2) is 0 Å². The summed E-state index contributed by atoms with van der Waals surface area (Å²) in [4.78, 5) is 0. The molecule has 1 rings (SSSR count). The van der Waals surface area contributed by atoms with Crippen LogP contribution in [-0.4, -0.2) is 18.3 Å². The minimum absolute atomic E-state index is 0.148. The fourth-order valence-corrected chi connectivity index (χ4v) is 2.65. The minimum atomic E-state index is 0.148. The van der Waals surface area contributed by atoms with Gasteiger partial charge in [-0.1, -0.05) is 24.6 Å². The lowest BCUT2D eigenvalue weighted by molar-refractivity contribution is 0.214. The van der Waals surface area contributed by atoms with E-state index in [-0.39, 0.29) is 12.5 Å². The van der Waals surface area contributed by atoms with Gasteiger partial charge in [-0.05, 0) is 67.8 Å². The molecule has 0 bridgehead atoms. The maximum Gasteiger partial charge on any atom is 0.0471 e. The molecule has 2 unspecified atom stereocenters. The van der Waals surface area contributed by atoms with Gasteiger partial charge in [0.1, 0.15) is 0 Å². The molecule has 0 heterocycles. The summed E-state index contributed by atoms with van der Waals surface area (Å²) in [6.45, 7) is 7.00. The first kappa shape index (κ1) is 15.5. The standard InChI is InChI=1S/C15H24ClNO/c1-4-13(7-12(8-17)9-18)14-5-10(2)11(3)6-15(14)16/h5-6,12-13,18H,4,7-9,17H2,1-3H3.